The van der Waals surface area contributed by atoms with Crippen LogP contribution in [0, 0.1) is 17.2 Å². The normalized spacial score (nSPS) is 27.2. The Morgan fingerprint density at radius 2 is 2.08 bits per heavy atom. The van der Waals surface area contributed by atoms with Gasteiger partial charge in [-0.05, 0) is 50.0 Å². The van der Waals surface area contributed by atoms with E-state index in [1.807, 2.05) is 6.07 Å². The van der Waals surface area contributed by atoms with Crippen molar-refractivity contribution < 1.29 is 23.0 Å². The van der Waals surface area contributed by atoms with Crippen molar-refractivity contribution in [1.29, 1.82) is 5.26 Å². The Kier molecular flexibility index (Phi) is 5.05. The lowest BCUT2D eigenvalue weighted by Gasteiger charge is -2.35. The first-order valence-corrected chi connectivity index (χ1v) is 8.45. The first kappa shape index (κ1) is 18.2. The number of hydrogen-bond acceptors (Lipinski definition) is 4. The van der Waals surface area contributed by atoms with Gasteiger partial charge in [0.05, 0.1) is 29.9 Å². The van der Waals surface area contributed by atoms with Gasteiger partial charge in [-0.2, -0.15) is 18.4 Å². The van der Waals surface area contributed by atoms with Gasteiger partial charge in [0, 0.05) is 5.92 Å². The van der Waals surface area contributed by atoms with Gasteiger partial charge < -0.3 is 15.2 Å². The zero-order valence-electron chi connectivity index (χ0n) is 13.7. The Morgan fingerprint density at radius 1 is 1.36 bits per heavy atom. The minimum absolute atomic E-state index is 0.412. The summed E-state index contributed by atoms with van der Waals surface area (Å²) in [5.74, 6) is -2.43. The highest BCUT2D eigenvalue weighted by molar-refractivity contribution is 5.36. The molecule has 1 aromatic rings. The number of nitriles is 1. The molecule has 0 aromatic heterocycles. The molecule has 0 bridgehead atoms. The molecule has 136 valence electrons. The second-order valence-corrected chi connectivity index (χ2v) is 6.89. The Bertz CT molecular complexity index is 650. The van der Waals surface area contributed by atoms with Gasteiger partial charge in [-0.3, -0.25) is 0 Å². The van der Waals surface area contributed by atoms with E-state index in [-0.39, 0.29) is 0 Å². The average molecular weight is 354 g/mol. The van der Waals surface area contributed by atoms with Gasteiger partial charge in [0.2, 0.25) is 0 Å². The fourth-order valence-corrected chi connectivity index (χ4v) is 4.04. The Morgan fingerprint density at radius 3 is 2.68 bits per heavy atom. The molecule has 2 N–H and O–H groups in total. The van der Waals surface area contributed by atoms with Gasteiger partial charge >= 0.3 is 6.18 Å². The third-order valence-electron chi connectivity index (χ3n) is 5.35. The maximum atomic E-state index is 13.5. The molecule has 0 saturated carbocycles. The maximum absolute atomic E-state index is 13.5. The summed E-state index contributed by atoms with van der Waals surface area (Å²) in [4.78, 5) is 0. The molecule has 3 rings (SSSR count). The highest BCUT2D eigenvalue weighted by atomic mass is 19.4. The molecule has 2 aliphatic rings. The van der Waals surface area contributed by atoms with E-state index < -0.39 is 36.3 Å². The molecular weight excluding hydrogens is 333 g/mol. The van der Waals surface area contributed by atoms with Crippen LogP contribution >= 0.6 is 0 Å². The van der Waals surface area contributed by atoms with E-state index in [1.54, 1.807) is 24.3 Å². The van der Waals surface area contributed by atoms with Crippen molar-refractivity contribution in [3.8, 4) is 6.07 Å². The summed E-state index contributed by atoms with van der Waals surface area (Å²) in [7, 11) is 0. The van der Waals surface area contributed by atoms with Crippen LogP contribution in [0.1, 0.15) is 36.3 Å². The second-order valence-electron chi connectivity index (χ2n) is 6.89. The number of halogens is 3. The molecule has 2 heterocycles. The van der Waals surface area contributed by atoms with Crippen LogP contribution < -0.4 is 5.32 Å². The fraction of sp³-hybridized carbons (Fsp3) is 0.611. The predicted octanol–water partition coefficient (Wildman–Crippen LogP) is 2.72. The second kappa shape index (κ2) is 6.94. The van der Waals surface area contributed by atoms with E-state index >= 15 is 0 Å². The van der Waals surface area contributed by atoms with Crippen LogP contribution in [0.2, 0.25) is 0 Å². The third kappa shape index (κ3) is 3.66. The SMILES string of the molecule is N#Cc1cccc([C@H]2CC3(CCNCC3)O[C@H]2C(CO)C(F)(F)F)c1. The summed E-state index contributed by atoms with van der Waals surface area (Å²) in [6.07, 6.45) is -3.91. The van der Waals surface area contributed by atoms with E-state index in [0.717, 1.165) is 0 Å². The summed E-state index contributed by atoms with van der Waals surface area (Å²) >= 11 is 0. The molecule has 2 saturated heterocycles. The zero-order chi connectivity index (χ0) is 18.1. The van der Waals surface area contributed by atoms with E-state index in [2.05, 4.69) is 5.32 Å². The smallest absolute Gasteiger partial charge is 0.396 e. The zero-order valence-corrected chi connectivity index (χ0v) is 13.7. The minimum Gasteiger partial charge on any atom is -0.396 e. The number of hydrogen-bond donors (Lipinski definition) is 2. The average Bonchev–Trinajstić information content (AvgIpc) is 2.93. The molecule has 0 aliphatic carbocycles. The molecule has 2 fully saturated rings. The van der Waals surface area contributed by atoms with Crippen molar-refractivity contribution in [2.24, 2.45) is 5.92 Å². The Balaban J connectivity index is 1.97. The Labute approximate surface area is 144 Å². The predicted molar refractivity (Wildman–Crippen MR) is 84.9 cm³/mol. The largest absolute Gasteiger partial charge is 0.396 e. The van der Waals surface area contributed by atoms with Gasteiger partial charge in [0.1, 0.15) is 5.92 Å². The lowest BCUT2D eigenvalue weighted by atomic mass is 9.79. The molecule has 4 nitrogen and oxygen atoms in total. The fourth-order valence-electron chi connectivity index (χ4n) is 4.04. The van der Waals surface area contributed by atoms with Gasteiger partial charge in [0.25, 0.3) is 0 Å². The number of nitrogens with one attached hydrogen (secondary N) is 1. The summed E-state index contributed by atoms with van der Waals surface area (Å²) < 4.78 is 46.4. The van der Waals surface area contributed by atoms with Crippen LogP contribution in [0.5, 0.6) is 0 Å². The van der Waals surface area contributed by atoms with Gasteiger partial charge in [-0.1, -0.05) is 12.1 Å². The van der Waals surface area contributed by atoms with Crippen molar-refractivity contribution in [3.63, 3.8) is 0 Å². The van der Waals surface area contributed by atoms with E-state index in [0.29, 0.717) is 43.5 Å². The summed E-state index contributed by atoms with van der Waals surface area (Å²) in [6, 6.07) is 8.71. The van der Waals surface area contributed by atoms with Crippen molar-refractivity contribution >= 4 is 0 Å². The number of ether oxygens (including phenoxy) is 1. The standard InChI is InChI=1S/C18H21F3N2O2/c19-18(20,21)15(11-24)16-14(13-3-1-2-12(8-13)10-22)9-17(25-16)4-6-23-7-5-17/h1-3,8,14-16,23-24H,4-7,9,11H2/t14-,15?,16-/m1/s1. The number of aliphatic hydroxyl groups is 1. The third-order valence-corrected chi connectivity index (χ3v) is 5.35. The van der Waals surface area contributed by atoms with Crippen molar-refractivity contribution in [1.82, 2.24) is 5.32 Å². The molecule has 0 radical (unpaired) electrons. The van der Waals surface area contributed by atoms with Crippen LogP contribution in [0.15, 0.2) is 24.3 Å². The molecule has 3 atom stereocenters. The lowest BCUT2D eigenvalue weighted by molar-refractivity contribution is -0.224. The first-order valence-electron chi connectivity index (χ1n) is 8.45. The van der Waals surface area contributed by atoms with E-state index in [9.17, 15) is 18.3 Å². The number of alkyl halides is 3. The highest BCUT2D eigenvalue weighted by Crippen LogP contribution is 2.50. The molecule has 2 aliphatic heterocycles. The van der Waals surface area contributed by atoms with Crippen LogP contribution in [-0.2, 0) is 4.74 Å². The molecular formula is C18H21F3N2O2. The van der Waals surface area contributed by atoms with Crippen LogP contribution in [0.3, 0.4) is 0 Å². The van der Waals surface area contributed by atoms with Gasteiger partial charge in [0.15, 0.2) is 0 Å². The first-order chi connectivity index (χ1) is 11.9. The van der Waals surface area contributed by atoms with Gasteiger partial charge in [-0.15, -0.1) is 0 Å². The molecule has 1 spiro atoms. The number of rotatable bonds is 3. The molecule has 25 heavy (non-hydrogen) atoms. The number of aliphatic hydroxyl groups excluding tert-OH is 1. The summed E-state index contributed by atoms with van der Waals surface area (Å²) in [5, 5.41) is 21.7. The Hall–Kier alpha value is -1.62. The summed E-state index contributed by atoms with van der Waals surface area (Å²) in [6.45, 7) is 0.401. The van der Waals surface area contributed by atoms with E-state index in [1.165, 1.54) is 0 Å². The minimum atomic E-state index is -4.54. The number of benzene rings is 1. The van der Waals surface area contributed by atoms with Gasteiger partial charge in [-0.25, -0.2) is 0 Å². The van der Waals surface area contributed by atoms with Crippen molar-refractivity contribution in [2.45, 2.75) is 43.1 Å². The quantitative estimate of drug-likeness (QED) is 0.876. The van der Waals surface area contributed by atoms with Crippen LogP contribution in [0.4, 0.5) is 13.2 Å². The topological polar surface area (TPSA) is 65.3 Å². The lowest BCUT2D eigenvalue weighted by Crippen LogP contribution is -2.44. The van der Waals surface area contributed by atoms with Crippen LogP contribution in [-0.4, -0.2) is 42.7 Å². The summed E-state index contributed by atoms with van der Waals surface area (Å²) in [5.41, 5.74) is 0.485. The molecule has 1 aromatic carbocycles. The molecule has 0 amide bonds. The van der Waals surface area contributed by atoms with Crippen molar-refractivity contribution in [3.05, 3.63) is 35.4 Å². The maximum Gasteiger partial charge on any atom is 0.396 e. The molecule has 7 heteroatoms. The number of nitrogens with zero attached hydrogens (tertiary/aromatic N) is 1. The van der Waals surface area contributed by atoms with Crippen LogP contribution in [0.25, 0.3) is 0 Å². The van der Waals surface area contributed by atoms with Crippen molar-refractivity contribution in [2.75, 3.05) is 19.7 Å². The monoisotopic (exact) mass is 354 g/mol. The van der Waals surface area contributed by atoms with E-state index in [4.69, 9.17) is 10.00 Å². The highest BCUT2D eigenvalue weighted by Gasteiger charge is 2.56. The number of piperidine rings is 1. The molecule has 1 unspecified atom stereocenters.